The predicted molar refractivity (Wildman–Crippen MR) is 209 cm³/mol. The lowest BCUT2D eigenvalue weighted by Gasteiger charge is -2.21. The lowest BCUT2D eigenvalue weighted by atomic mass is 10.1. The number of fused-ring (bicyclic) bond motifs is 1. The van der Waals surface area contributed by atoms with Crippen molar-refractivity contribution in [2.45, 2.75) is 73.9 Å². The number of amides is 3. The summed E-state index contributed by atoms with van der Waals surface area (Å²) in [6, 6.07) is 22.1. The minimum atomic E-state index is -4.50. The largest absolute Gasteiger partial charge is 0.497 e. The van der Waals surface area contributed by atoms with Gasteiger partial charge >= 0.3 is 5.97 Å². The molecule has 6 rings (SSSR count). The van der Waals surface area contributed by atoms with Gasteiger partial charge in [0.25, 0.3) is 15.9 Å². The Hall–Kier alpha value is -5.80. The van der Waals surface area contributed by atoms with Gasteiger partial charge in [0, 0.05) is 54.8 Å². The molecule has 4 aromatic rings. The molecule has 56 heavy (non-hydrogen) atoms. The average molecular weight is 784 g/mol. The van der Waals surface area contributed by atoms with E-state index in [1.807, 2.05) is 54.6 Å². The van der Waals surface area contributed by atoms with Gasteiger partial charge in [-0.1, -0.05) is 61.4 Å². The monoisotopic (exact) mass is 783 g/mol. The van der Waals surface area contributed by atoms with Crippen LogP contribution in [0.3, 0.4) is 0 Å². The molecular formula is C41H45N5O9S. The Kier molecular flexibility index (Phi) is 12.3. The number of methoxy groups -OCH3 is 1. The lowest BCUT2D eigenvalue weighted by molar-refractivity contribution is -0.137. The van der Waals surface area contributed by atoms with Crippen molar-refractivity contribution in [1.29, 1.82) is 0 Å². The van der Waals surface area contributed by atoms with E-state index in [1.54, 1.807) is 13.2 Å². The van der Waals surface area contributed by atoms with Crippen molar-refractivity contribution >= 4 is 50.3 Å². The fourth-order valence-corrected chi connectivity index (χ4v) is 8.07. The number of pyridine rings is 1. The van der Waals surface area contributed by atoms with E-state index < -0.39 is 57.3 Å². The number of carbonyl (C=O) groups excluding carboxylic acids is 3. The van der Waals surface area contributed by atoms with Crippen LogP contribution in [0.1, 0.15) is 51.4 Å². The molecule has 0 spiro atoms. The molecule has 14 nitrogen and oxygen atoms in total. The van der Waals surface area contributed by atoms with Crippen LogP contribution in [0.2, 0.25) is 0 Å². The Bertz CT molecular complexity index is 2230. The second-order valence-corrected chi connectivity index (χ2v) is 15.6. The van der Waals surface area contributed by atoms with E-state index >= 15 is 0 Å². The second-order valence-electron chi connectivity index (χ2n) is 14.0. The van der Waals surface area contributed by atoms with Crippen LogP contribution in [0, 0.1) is 5.92 Å². The molecule has 2 heterocycles. The summed E-state index contributed by atoms with van der Waals surface area (Å²) in [5.74, 6) is -1.98. The summed E-state index contributed by atoms with van der Waals surface area (Å²) in [5, 5.41) is 18.1. The highest BCUT2D eigenvalue weighted by molar-refractivity contribution is 7.90. The maximum Gasteiger partial charge on any atom is 0.303 e. The third-order valence-electron chi connectivity index (χ3n) is 10.0. The third-order valence-corrected chi connectivity index (χ3v) is 11.4. The van der Waals surface area contributed by atoms with Crippen molar-refractivity contribution < 1.29 is 42.2 Å². The average Bonchev–Trinajstić information content (AvgIpc) is 3.71. The van der Waals surface area contributed by atoms with Crippen LogP contribution < -0.4 is 30.1 Å². The summed E-state index contributed by atoms with van der Waals surface area (Å²) in [4.78, 5) is 55.3. The van der Waals surface area contributed by atoms with Crippen LogP contribution in [0.4, 0.5) is 5.69 Å². The van der Waals surface area contributed by atoms with Crippen molar-refractivity contribution in [3.05, 3.63) is 91.5 Å². The molecule has 5 N–H and O–H groups in total. The van der Waals surface area contributed by atoms with Gasteiger partial charge in [-0.3, -0.25) is 19.2 Å². The first-order valence-electron chi connectivity index (χ1n) is 18.5. The van der Waals surface area contributed by atoms with E-state index in [2.05, 4.69) is 27.3 Å². The van der Waals surface area contributed by atoms with Gasteiger partial charge in [-0.15, -0.1) is 6.58 Å². The number of nitrogens with one attached hydrogen (secondary N) is 4. The molecule has 0 bridgehead atoms. The van der Waals surface area contributed by atoms with E-state index in [1.165, 1.54) is 24.3 Å². The number of carbonyl (C=O) groups is 4. The number of aliphatic carboxylic acids is 1. The van der Waals surface area contributed by atoms with Gasteiger partial charge in [-0.2, -0.15) is 0 Å². The molecule has 1 aromatic heterocycles. The van der Waals surface area contributed by atoms with Crippen LogP contribution in [-0.4, -0.2) is 73.5 Å². The number of aromatic nitrogens is 1. The lowest BCUT2D eigenvalue weighted by Crippen LogP contribution is -2.55. The summed E-state index contributed by atoms with van der Waals surface area (Å²) >= 11 is 0. The molecule has 3 aromatic carbocycles. The Morgan fingerprint density at radius 2 is 1.71 bits per heavy atom. The van der Waals surface area contributed by atoms with E-state index in [0.29, 0.717) is 54.9 Å². The Morgan fingerprint density at radius 3 is 2.43 bits per heavy atom. The molecule has 1 saturated heterocycles. The fourth-order valence-electron chi connectivity index (χ4n) is 6.87. The zero-order valence-electron chi connectivity index (χ0n) is 31.0. The van der Waals surface area contributed by atoms with Gasteiger partial charge in [0.2, 0.25) is 11.8 Å². The van der Waals surface area contributed by atoms with Crippen LogP contribution in [0.5, 0.6) is 11.5 Å². The minimum absolute atomic E-state index is 0.00368. The second kappa shape index (κ2) is 17.3. The summed E-state index contributed by atoms with van der Waals surface area (Å²) in [6.07, 6.45) is 3.99. The van der Waals surface area contributed by atoms with E-state index in [9.17, 15) is 27.6 Å². The number of carboxylic acid groups (broad SMARTS) is 1. The SMILES string of the molecule is C=C[C@@H]1C[C@]1(NC(=O)[C@@H]1C[C@@H](Oc2cc(-c3ccccc3)nc3cc(OC)ccc23)CN1)C(=O)NS(=O)(=O)c1ccccc1NC(=O)CCCCCCC(=O)O. The number of hydrogen-bond donors (Lipinski definition) is 5. The number of benzene rings is 3. The van der Waals surface area contributed by atoms with Gasteiger partial charge in [0.1, 0.15) is 28.0 Å². The van der Waals surface area contributed by atoms with Crippen LogP contribution >= 0.6 is 0 Å². The maximum atomic E-state index is 13.7. The van der Waals surface area contributed by atoms with Gasteiger partial charge in [0.05, 0.1) is 30.0 Å². The summed E-state index contributed by atoms with van der Waals surface area (Å²) in [5.41, 5.74) is 0.745. The molecular weight excluding hydrogens is 739 g/mol. The van der Waals surface area contributed by atoms with Crippen LogP contribution in [-0.2, 0) is 29.2 Å². The smallest absolute Gasteiger partial charge is 0.303 e. The number of unbranched alkanes of at least 4 members (excludes halogenated alkanes) is 3. The number of rotatable bonds is 18. The van der Waals surface area contributed by atoms with Crippen molar-refractivity contribution in [3.63, 3.8) is 0 Å². The quantitative estimate of drug-likeness (QED) is 0.0675. The molecule has 4 atom stereocenters. The van der Waals surface area contributed by atoms with Gasteiger partial charge in [0.15, 0.2) is 0 Å². The van der Waals surface area contributed by atoms with Crippen molar-refractivity contribution in [2.75, 3.05) is 19.0 Å². The highest BCUT2D eigenvalue weighted by atomic mass is 32.2. The summed E-state index contributed by atoms with van der Waals surface area (Å²) < 4.78 is 41.2. The molecule has 294 valence electrons. The van der Waals surface area contributed by atoms with Gasteiger partial charge < -0.3 is 30.5 Å². The summed E-state index contributed by atoms with van der Waals surface area (Å²) in [7, 11) is -2.91. The highest BCUT2D eigenvalue weighted by Crippen LogP contribution is 2.45. The minimum Gasteiger partial charge on any atom is -0.497 e. The Labute approximate surface area is 325 Å². The predicted octanol–water partition coefficient (Wildman–Crippen LogP) is 4.95. The normalized spacial score (nSPS) is 20.1. The van der Waals surface area contributed by atoms with Gasteiger partial charge in [-0.25, -0.2) is 18.1 Å². The number of para-hydroxylation sites is 1. The molecule has 1 saturated carbocycles. The molecule has 1 aliphatic heterocycles. The van der Waals surface area contributed by atoms with E-state index in [0.717, 1.165) is 10.9 Å². The topological polar surface area (TPSA) is 202 Å². The first-order valence-corrected chi connectivity index (χ1v) is 20.0. The van der Waals surface area contributed by atoms with Gasteiger partial charge in [-0.05, 0) is 43.5 Å². The number of sulfonamides is 1. The maximum absolute atomic E-state index is 13.7. The number of ether oxygens (including phenoxy) is 2. The molecule has 1 aliphatic carbocycles. The highest BCUT2D eigenvalue weighted by Gasteiger charge is 2.61. The van der Waals surface area contributed by atoms with Crippen LogP contribution in [0.15, 0.2) is 96.4 Å². The first-order chi connectivity index (χ1) is 26.9. The van der Waals surface area contributed by atoms with E-state index in [4.69, 9.17) is 19.6 Å². The first kappa shape index (κ1) is 39.9. The molecule has 0 radical (unpaired) electrons. The molecule has 2 fully saturated rings. The molecule has 2 aliphatic rings. The van der Waals surface area contributed by atoms with Crippen molar-refractivity contribution in [3.8, 4) is 22.8 Å². The number of carboxylic acids is 1. The third kappa shape index (κ3) is 9.34. The van der Waals surface area contributed by atoms with Crippen molar-refractivity contribution in [1.82, 2.24) is 20.3 Å². The number of hydrogen-bond acceptors (Lipinski definition) is 10. The standard InChI is InChI=1S/C41H45N5O9S/c1-3-27-24-41(27,40(51)46-56(52,53)36-16-12-11-15-31(36)44-37(47)17-9-4-5-10-18-38(48)49)45-39(50)34-22-29(25-42-34)55-35-23-32(26-13-7-6-8-14-26)43-33-21-28(54-2)19-20-30(33)35/h3,6-8,11-16,19-21,23,27,29,34,42H,1,4-5,9-10,17-18,22,24-25H2,2H3,(H,44,47)(H,45,50)(H,46,51)(H,48,49)/t27-,29-,34+,41-/m1/s1. The molecule has 3 amide bonds. The Balaban J connectivity index is 1.09. The Morgan fingerprint density at radius 1 is 0.982 bits per heavy atom. The van der Waals surface area contributed by atoms with Crippen molar-refractivity contribution in [2.24, 2.45) is 5.92 Å². The summed E-state index contributed by atoms with van der Waals surface area (Å²) in [6.45, 7) is 4.11. The fraction of sp³-hybridized carbons (Fsp3) is 0.341. The zero-order chi connectivity index (χ0) is 39.9. The molecule has 15 heteroatoms. The zero-order valence-corrected chi connectivity index (χ0v) is 31.8. The number of anilines is 1. The molecule has 0 unspecified atom stereocenters. The van der Waals surface area contributed by atoms with E-state index in [-0.39, 0.29) is 36.3 Å². The van der Waals surface area contributed by atoms with Crippen LogP contribution in [0.25, 0.3) is 22.2 Å². The number of nitrogens with zero attached hydrogens (tertiary/aromatic N) is 1.